The minimum absolute atomic E-state index is 0.199. The average molecular weight is 416 g/mol. The van der Waals surface area contributed by atoms with Crippen molar-refractivity contribution in [1.82, 2.24) is 0 Å². The van der Waals surface area contributed by atoms with Gasteiger partial charge < -0.3 is 5.73 Å². The van der Waals surface area contributed by atoms with Gasteiger partial charge in [0.1, 0.15) is 0 Å². The number of thiophene rings is 1. The number of hydrogen-bond donors (Lipinski definition) is 1. The Labute approximate surface area is 161 Å². The van der Waals surface area contributed by atoms with Crippen molar-refractivity contribution < 1.29 is 18.0 Å². The number of halogens is 5. The number of carbonyl (C=O) groups is 1. The van der Waals surface area contributed by atoms with E-state index in [0.717, 1.165) is 23.5 Å². The molecule has 0 spiro atoms. The summed E-state index contributed by atoms with van der Waals surface area (Å²) in [6.45, 7) is 0. The van der Waals surface area contributed by atoms with E-state index in [0.29, 0.717) is 10.6 Å². The topological polar surface area (TPSA) is 43.1 Å². The van der Waals surface area contributed by atoms with Crippen LogP contribution in [0, 0.1) is 0 Å². The van der Waals surface area contributed by atoms with Crippen molar-refractivity contribution in [3.05, 3.63) is 74.6 Å². The number of nitrogens with two attached hydrogens (primary N) is 1. The van der Waals surface area contributed by atoms with Gasteiger partial charge >= 0.3 is 6.18 Å². The molecule has 2 aromatic carbocycles. The van der Waals surface area contributed by atoms with E-state index >= 15 is 0 Å². The first-order valence-corrected chi connectivity index (χ1v) is 8.81. The predicted molar refractivity (Wildman–Crippen MR) is 99.1 cm³/mol. The average Bonchev–Trinajstić information content (AvgIpc) is 2.96. The SMILES string of the molecule is Nc1cc(-c2ccc(Cl)c(C(F)(F)F)c2)c(C(=O)c2ccccc2Cl)s1. The molecule has 0 unspecified atom stereocenters. The summed E-state index contributed by atoms with van der Waals surface area (Å²) in [5.41, 5.74) is 5.59. The van der Waals surface area contributed by atoms with Crippen molar-refractivity contribution in [2.45, 2.75) is 6.18 Å². The Kier molecular flexibility index (Phi) is 5.01. The van der Waals surface area contributed by atoms with Gasteiger partial charge in [0, 0.05) is 11.1 Å². The molecule has 0 atom stereocenters. The maximum atomic E-state index is 13.1. The van der Waals surface area contributed by atoms with E-state index < -0.39 is 22.5 Å². The number of benzene rings is 2. The molecular weight excluding hydrogens is 406 g/mol. The van der Waals surface area contributed by atoms with Crippen LogP contribution >= 0.6 is 34.5 Å². The van der Waals surface area contributed by atoms with Crippen molar-refractivity contribution in [3.8, 4) is 11.1 Å². The van der Waals surface area contributed by atoms with E-state index in [1.165, 1.54) is 12.1 Å². The molecule has 8 heteroatoms. The summed E-state index contributed by atoms with van der Waals surface area (Å²) >= 11 is 12.7. The maximum absolute atomic E-state index is 13.1. The second-order valence-electron chi connectivity index (χ2n) is 5.39. The Hall–Kier alpha value is -2.02. The lowest BCUT2D eigenvalue weighted by molar-refractivity contribution is -0.137. The van der Waals surface area contributed by atoms with E-state index in [9.17, 15) is 18.0 Å². The lowest BCUT2D eigenvalue weighted by atomic mass is 9.99. The van der Waals surface area contributed by atoms with Gasteiger partial charge in [0.05, 0.1) is 25.5 Å². The molecule has 0 aliphatic heterocycles. The smallest absolute Gasteiger partial charge is 0.391 e. The highest BCUT2D eigenvalue weighted by molar-refractivity contribution is 7.18. The summed E-state index contributed by atoms with van der Waals surface area (Å²) < 4.78 is 39.4. The molecule has 3 aromatic rings. The fourth-order valence-corrected chi connectivity index (χ4v) is 3.82. The van der Waals surface area contributed by atoms with Crippen molar-refractivity contribution in [2.24, 2.45) is 0 Å². The molecular formula is C18H10Cl2F3NOS. The molecule has 1 aromatic heterocycles. The summed E-state index contributed by atoms with van der Waals surface area (Å²) in [6, 6.07) is 11.4. The van der Waals surface area contributed by atoms with Crippen molar-refractivity contribution >= 4 is 45.3 Å². The normalized spacial score (nSPS) is 11.6. The first-order valence-electron chi connectivity index (χ1n) is 7.24. The van der Waals surface area contributed by atoms with Crippen LogP contribution in [0.3, 0.4) is 0 Å². The third-order valence-corrected chi connectivity index (χ3v) is 5.28. The fraction of sp³-hybridized carbons (Fsp3) is 0.0556. The van der Waals surface area contributed by atoms with Crippen molar-refractivity contribution in [2.75, 3.05) is 5.73 Å². The first kappa shape index (κ1) is 18.8. The molecule has 0 radical (unpaired) electrons. The lowest BCUT2D eigenvalue weighted by Gasteiger charge is -2.11. The van der Waals surface area contributed by atoms with Gasteiger partial charge in [-0.05, 0) is 35.9 Å². The van der Waals surface area contributed by atoms with Gasteiger partial charge in [-0.2, -0.15) is 13.2 Å². The van der Waals surface area contributed by atoms with Crippen LogP contribution in [0.5, 0.6) is 0 Å². The Bertz CT molecular complexity index is 998. The molecule has 0 amide bonds. The molecule has 0 saturated carbocycles. The molecule has 134 valence electrons. The van der Waals surface area contributed by atoms with Crippen LogP contribution in [0.15, 0.2) is 48.5 Å². The Balaban J connectivity index is 2.15. The molecule has 2 N–H and O–H groups in total. The fourth-order valence-electron chi connectivity index (χ4n) is 2.47. The van der Waals surface area contributed by atoms with Crippen LogP contribution in [0.1, 0.15) is 20.8 Å². The zero-order chi connectivity index (χ0) is 19.1. The zero-order valence-corrected chi connectivity index (χ0v) is 15.2. The van der Waals surface area contributed by atoms with Crippen LogP contribution in [0.4, 0.5) is 18.2 Å². The molecule has 1 heterocycles. The highest BCUT2D eigenvalue weighted by Crippen LogP contribution is 2.40. The minimum Gasteiger partial charge on any atom is -0.391 e. The van der Waals surface area contributed by atoms with Crippen LogP contribution in [-0.2, 0) is 6.18 Å². The van der Waals surface area contributed by atoms with E-state index in [2.05, 4.69) is 0 Å². The summed E-state index contributed by atoms with van der Waals surface area (Å²) in [7, 11) is 0. The molecule has 2 nitrogen and oxygen atoms in total. The van der Waals surface area contributed by atoms with Crippen molar-refractivity contribution in [3.63, 3.8) is 0 Å². The molecule has 0 bridgehead atoms. The van der Waals surface area contributed by atoms with Gasteiger partial charge in [-0.25, -0.2) is 0 Å². The van der Waals surface area contributed by atoms with E-state index in [-0.39, 0.29) is 21.0 Å². The molecule has 26 heavy (non-hydrogen) atoms. The quantitative estimate of drug-likeness (QED) is 0.492. The molecule has 0 fully saturated rings. The lowest BCUT2D eigenvalue weighted by Crippen LogP contribution is -2.06. The summed E-state index contributed by atoms with van der Waals surface area (Å²) in [4.78, 5) is 13.1. The minimum atomic E-state index is -4.61. The third kappa shape index (κ3) is 3.58. The van der Waals surface area contributed by atoms with E-state index in [4.69, 9.17) is 28.9 Å². The first-order chi connectivity index (χ1) is 12.2. The number of ketones is 1. The monoisotopic (exact) mass is 415 g/mol. The van der Waals surface area contributed by atoms with Gasteiger partial charge in [0.25, 0.3) is 0 Å². The maximum Gasteiger partial charge on any atom is 0.417 e. The second-order valence-corrected chi connectivity index (χ2v) is 7.29. The number of alkyl halides is 3. The van der Waals surface area contributed by atoms with Gasteiger partial charge in [0.2, 0.25) is 5.78 Å². The standard InChI is InChI=1S/C18H10Cl2F3NOS/c19-13-4-2-1-3-10(13)16(25)17-11(8-15(24)26-17)9-5-6-14(20)12(7-9)18(21,22)23/h1-8H,24H2. The number of carbonyl (C=O) groups excluding carboxylic acids is 1. The predicted octanol–water partition coefficient (Wildman–Crippen LogP) is 6.55. The summed E-state index contributed by atoms with van der Waals surface area (Å²) in [6.07, 6.45) is -4.61. The Morgan fingerprint density at radius 3 is 2.35 bits per heavy atom. The van der Waals surface area contributed by atoms with E-state index in [1.54, 1.807) is 24.3 Å². The largest absolute Gasteiger partial charge is 0.417 e. The van der Waals surface area contributed by atoms with E-state index in [1.807, 2.05) is 0 Å². The van der Waals surface area contributed by atoms with Gasteiger partial charge in [0.15, 0.2) is 0 Å². The number of nitrogen functional groups attached to an aromatic ring is 1. The highest BCUT2D eigenvalue weighted by Gasteiger charge is 2.34. The Morgan fingerprint density at radius 1 is 1.00 bits per heavy atom. The number of hydrogen-bond acceptors (Lipinski definition) is 3. The number of anilines is 1. The molecule has 0 aliphatic rings. The summed E-state index contributed by atoms with van der Waals surface area (Å²) in [5.74, 6) is -0.407. The second kappa shape index (κ2) is 6.95. The highest BCUT2D eigenvalue weighted by atomic mass is 35.5. The van der Waals surface area contributed by atoms with Crippen LogP contribution in [-0.4, -0.2) is 5.78 Å². The zero-order valence-electron chi connectivity index (χ0n) is 12.9. The molecule has 0 aliphatic carbocycles. The van der Waals surface area contributed by atoms with Crippen LogP contribution in [0.25, 0.3) is 11.1 Å². The van der Waals surface area contributed by atoms with Gasteiger partial charge in [-0.3, -0.25) is 4.79 Å². The van der Waals surface area contributed by atoms with Crippen molar-refractivity contribution in [1.29, 1.82) is 0 Å². The van der Waals surface area contributed by atoms with Crippen LogP contribution in [0.2, 0.25) is 10.0 Å². The third-order valence-electron chi connectivity index (χ3n) is 3.66. The Morgan fingerprint density at radius 2 is 1.69 bits per heavy atom. The molecule has 0 saturated heterocycles. The van der Waals surface area contributed by atoms with Gasteiger partial charge in [-0.15, -0.1) is 11.3 Å². The number of rotatable bonds is 3. The van der Waals surface area contributed by atoms with Crippen LogP contribution < -0.4 is 5.73 Å². The molecule has 3 rings (SSSR count). The van der Waals surface area contributed by atoms with Gasteiger partial charge in [-0.1, -0.05) is 41.4 Å². The summed E-state index contributed by atoms with van der Waals surface area (Å²) in [5, 5.41) is 0.143.